The number of halogens is 1. The van der Waals surface area contributed by atoms with Gasteiger partial charge >= 0.3 is 0 Å². The lowest BCUT2D eigenvalue weighted by Gasteiger charge is -2.37. The van der Waals surface area contributed by atoms with Crippen molar-refractivity contribution >= 4 is 50.9 Å². The van der Waals surface area contributed by atoms with Crippen LogP contribution in [0.3, 0.4) is 0 Å². The number of anilines is 2. The fourth-order valence-corrected chi connectivity index (χ4v) is 7.34. The fraction of sp³-hybridized carbons (Fsp3) is 0.171. The molecule has 7 rings (SSSR count). The lowest BCUT2D eigenvalue weighted by molar-refractivity contribution is -0.121. The molecule has 0 aliphatic carbocycles. The van der Waals surface area contributed by atoms with E-state index in [0.717, 1.165) is 15.7 Å². The molecule has 0 bridgehead atoms. The first kappa shape index (κ1) is 27.2. The van der Waals surface area contributed by atoms with Crippen molar-refractivity contribution in [1.29, 1.82) is 0 Å². The van der Waals surface area contributed by atoms with E-state index in [4.69, 9.17) is 9.47 Å². The number of hydrogen-bond donors (Lipinski definition) is 1. The smallest absolute Gasteiger partial charge is 0.238 e. The molecule has 1 spiro atoms. The number of Topliss-reactive ketones (excluding diaryl/α,β-unsaturated/α-hetero) is 2. The fourth-order valence-electron chi connectivity index (χ4n) is 7.08. The van der Waals surface area contributed by atoms with Crippen molar-refractivity contribution in [3.8, 4) is 11.5 Å². The highest BCUT2D eigenvalue weighted by Gasteiger charge is 2.70. The minimum atomic E-state index is -1.42. The van der Waals surface area contributed by atoms with Gasteiger partial charge in [-0.3, -0.25) is 14.4 Å². The summed E-state index contributed by atoms with van der Waals surface area (Å²) in [6.45, 7) is 0. The Kier molecular flexibility index (Phi) is 6.47. The van der Waals surface area contributed by atoms with Gasteiger partial charge in [-0.25, -0.2) is 0 Å². The van der Waals surface area contributed by atoms with E-state index in [1.165, 1.54) is 14.2 Å². The van der Waals surface area contributed by atoms with Crippen LogP contribution in [0.25, 0.3) is 6.08 Å². The Morgan fingerprint density at radius 3 is 2.40 bits per heavy atom. The molecular weight excluding hydrogens is 608 g/mol. The van der Waals surface area contributed by atoms with Gasteiger partial charge in [-0.15, -0.1) is 0 Å². The summed E-state index contributed by atoms with van der Waals surface area (Å²) in [5, 5.41) is 3.06. The molecule has 1 saturated heterocycles. The molecule has 0 radical (unpaired) electrons. The molecule has 8 heteroatoms. The summed E-state index contributed by atoms with van der Waals surface area (Å²) in [6.07, 6.45) is 3.94. The number of nitrogens with zero attached hydrogens (tertiary/aromatic N) is 1. The number of nitrogens with one attached hydrogen (secondary N) is 1. The zero-order chi connectivity index (χ0) is 29.9. The highest BCUT2D eigenvalue weighted by molar-refractivity contribution is 9.10. The third kappa shape index (κ3) is 3.89. The standard InChI is InChI=1S/C35H27BrN2O5/c1-42-23-16-17-28(43-2)24(19-23)33(40)30-31(32(39)21-11-14-22(36)15-12-21)38-27-10-6-3-7-20(27)13-18-29(38)35(30)25-8-4-5-9-26(25)37-34(35)41/h3-19,29-31H,1-2H3,(H,37,41)/t29-,30-,31+,35-/m0/s1. The van der Waals surface area contributed by atoms with Gasteiger partial charge in [-0.2, -0.15) is 0 Å². The van der Waals surface area contributed by atoms with Gasteiger partial charge in [0, 0.05) is 21.4 Å². The summed E-state index contributed by atoms with van der Waals surface area (Å²) < 4.78 is 12.0. The van der Waals surface area contributed by atoms with E-state index in [1.807, 2.05) is 65.6 Å². The van der Waals surface area contributed by atoms with Crippen molar-refractivity contribution in [3.05, 3.63) is 124 Å². The Hall–Kier alpha value is -4.69. The number of carbonyl (C=O) groups excluding carboxylic acids is 3. The highest BCUT2D eigenvalue weighted by atomic mass is 79.9. The molecule has 214 valence electrons. The predicted molar refractivity (Wildman–Crippen MR) is 168 cm³/mol. The van der Waals surface area contributed by atoms with Crippen molar-refractivity contribution in [2.45, 2.75) is 17.5 Å². The molecule has 4 atom stereocenters. The molecule has 3 aliphatic rings. The van der Waals surface area contributed by atoms with Crippen molar-refractivity contribution in [2.75, 3.05) is 24.4 Å². The van der Waals surface area contributed by atoms with Crippen LogP contribution in [0.2, 0.25) is 0 Å². The van der Waals surface area contributed by atoms with Crippen LogP contribution in [0.4, 0.5) is 11.4 Å². The van der Waals surface area contributed by atoms with Crippen LogP contribution in [0, 0.1) is 5.92 Å². The molecule has 4 aromatic carbocycles. The van der Waals surface area contributed by atoms with Crippen LogP contribution in [0.15, 0.2) is 102 Å². The van der Waals surface area contributed by atoms with Crippen molar-refractivity contribution in [1.82, 2.24) is 0 Å². The molecule has 7 nitrogen and oxygen atoms in total. The molecule has 1 fully saturated rings. The van der Waals surface area contributed by atoms with Crippen LogP contribution in [-0.4, -0.2) is 43.8 Å². The molecular formula is C35H27BrN2O5. The quantitative estimate of drug-likeness (QED) is 0.250. The molecule has 4 aromatic rings. The van der Waals surface area contributed by atoms with Gasteiger partial charge in [-0.1, -0.05) is 76.6 Å². The first-order valence-electron chi connectivity index (χ1n) is 13.9. The number of ether oxygens (including phenoxy) is 2. The van der Waals surface area contributed by atoms with E-state index in [9.17, 15) is 9.59 Å². The molecule has 1 amide bonds. The Morgan fingerprint density at radius 2 is 1.63 bits per heavy atom. The van der Waals surface area contributed by atoms with Crippen molar-refractivity contribution in [2.24, 2.45) is 5.92 Å². The van der Waals surface area contributed by atoms with Crippen LogP contribution in [0.1, 0.15) is 31.8 Å². The van der Waals surface area contributed by atoms with E-state index < -0.39 is 23.4 Å². The number of amides is 1. The second-order valence-corrected chi connectivity index (χ2v) is 11.8. The van der Waals surface area contributed by atoms with Gasteiger partial charge in [0.2, 0.25) is 5.91 Å². The zero-order valence-corrected chi connectivity index (χ0v) is 25.0. The van der Waals surface area contributed by atoms with E-state index in [-0.39, 0.29) is 23.0 Å². The molecule has 3 aliphatic heterocycles. The average Bonchev–Trinajstić information content (AvgIpc) is 3.52. The number of hydrogen-bond acceptors (Lipinski definition) is 6. The molecule has 0 saturated carbocycles. The molecule has 0 unspecified atom stereocenters. The maximum absolute atomic E-state index is 15.1. The molecule has 1 N–H and O–H groups in total. The molecule has 43 heavy (non-hydrogen) atoms. The summed E-state index contributed by atoms with van der Waals surface area (Å²) in [7, 11) is 3.02. The number of fused-ring (bicyclic) bond motifs is 6. The summed E-state index contributed by atoms with van der Waals surface area (Å²) in [4.78, 5) is 46.4. The zero-order valence-electron chi connectivity index (χ0n) is 23.4. The Bertz CT molecular complexity index is 1830. The van der Waals surface area contributed by atoms with Gasteiger partial charge in [-0.05, 0) is 53.6 Å². The Morgan fingerprint density at radius 1 is 0.884 bits per heavy atom. The van der Waals surface area contributed by atoms with E-state index in [1.54, 1.807) is 42.5 Å². The van der Waals surface area contributed by atoms with Crippen LogP contribution < -0.4 is 19.7 Å². The second-order valence-electron chi connectivity index (χ2n) is 10.9. The largest absolute Gasteiger partial charge is 0.497 e. The predicted octanol–water partition coefficient (Wildman–Crippen LogP) is 6.32. The van der Waals surface area contributed by atoms with Crippen LogP contribution >= 0.6 is 15.9 Å². The molecule has 3 heterocycles. The lowest BCUT2D eigenvalue weighted by atomic mass is 9.64. The summed E-state index contributed by atoms with van der Waals surface area (Å²) in [5.74, 6) is -1.27. The normalized spacial score (nSPS) is 22.9. The number of benzene rings is 4. The Labute approximate surface area is 257 Å². The van der Waals surface area contributed by atoms with Gasteiger partial charge in [0.25, 0.3) is 0 Å². The number of para-hydroxylation sites is 2. The first-order valence-corrected chi connectivity index (χ1v) is 14.7. The highest BCUT2D eigenvalue weighted by Crippen LogP contribution is 2.58. The SMILES string of the molecule is COc1ccc(OC)c(C(=O)[C@@H]2[C@H](C(=O)c3ccc(Br)cc3)N3c4ccccc4C=C[C@H]3[C@]23C(=O)Nc2ccccc23)c1. The number of ketones is 2. The third-order valence-corrected chi connectivity index (χ3v) is 9.42. The maximum Gasteiger partial charge on any atom is 0.238 e. The average molecular weight is 636 g/mol. The van der Waals surface area contributed by atoms with Crippen LogP contribution in [-0.2, 0) is 10.2 Å². The third-order valence-electron chi connectivity index (χ3n) is 8.89. The van der Waals surface area contributed by atoms with E-state index in [2.05, 4.69) is 21.2 Å². The summed E-state index contributed by atoms with van der Waals surface area (Å²) in [6, 6.07) is 25.7. The van der Waals surface area contributed by atoms with Gasteiger partial charge in [0.05, 0.1) is 31.7 Å². The van der Waals surface area contributed by atoms with Gasteiger partial charge in [0.1, 0.15) is 23.0 Å². The minimum Gasteiger partial charge on any atom is -0.497 e. The van der Waals surface area contributed by atoms with Crippen LogP contribution in [0.5, 0.6) is 11.5 Å². The topological polar surface area (TPSA) is 84.9 Å². The van der Waals surface area contributed by atoms with Crippen molar-refractivity contribution < 1.29 is 23.9 Å². The number of carbonyl (C=O) groups is 3. The monoisotopic (exact) mass is 634 g/mol. The Balaban J connectivity index is 1.55. The van der Waals surface area contributed by atoms with Gasteiger partial charge in [0.15, 0.2) is 11.6 Å². The molecule has 0 aromatic heterocycles. The van der Waals surface area contributed by atoms with Gasteiger partial charge < -0.3 is 19.7 Å². The van der Waals surface area contributed by atoms with Crippen molar-refractivity contribution in [3.63, 3.8) is 0 Å². The maximum atomic E-state index is 15.1. The lowest BCUT2D eigenvalue weighted by Crippen LogP contribution is -2.51. The second kappa shape index (κ2) is 10.2. The number of rotatable bonds is 6. The first-order chi connectivity index (χ1) is 20.9. The number of methoxy groups -OCH3 is 2. The minimum absolute atomic E-state index is 0.245. The van der Waals surface area contributed by atoms with E-state index in [0.29, 0.717) is 28.3 Å². The summed E-state index contributed by atoms with van der Waals surface area (Å²) >= 11 is 3.46. The van der Waals surface area contributed by atoms with E-state index >= 15 is 4.79 Å². The summed E-state index contributed by atoms with van der Waals surface area (Å²) in [5.41, 5.74) is 2.28.